The number of hydrogen-bond donors (Lipinski definition) is 3. The van der Waals surface area contributed by atoms with Gasteiger partial charge < -0.3 is 15.4 Å². The predicted molar refractivity (Wildman–Crippen MR) is 118 cm³/mol. The molecule has 1 amide bonds. The average molecular weight is 410 g/mol. The van der Waals surface area contributed by atoms with Gasteiger partial charge in [0.2, 0.25) is 0 Å². The van der Waals surface area contributed by atoms with Crippen LogP contribution in [0.3, 0.4) is 0 Å². The number of carbonyl (C=O) groups is 2. The SMILES string of the molecule is O=C(N[C@@H](Cc1c[nH]c2ccccc12)C(=O)O)c1ccc2nc3ccccc3nc2c1. The van der Waals surface area contributed by atoms with Crippen LogP contribution in [0.1, 0.15) is 15.9 Å². The summed E-state index contributed by atoms with van der Waals surface area (Å²) in [5.74, 6) is -1.56. The van der Waals surface area contributed by atoms with Gasteiger partial charge in [-0.05, 0) is 42.0 Å². The monoisotopic (exact) mass is 410 g/mol. The molecule has 5 rings (SSSR count). The maximum atomic E-state index is 12.8. The summed E-state index contributed by atoms with van der Waals surface area (Å²) < 4.78 is 0. The van der Waals surface area contributed by atoms with E-state index in [1.807, 2.05) is 48.5 Å². The molecule has 0 radical (unpaired) electrons. The molecule has 0 aliphatic carbocycles. The molecule has 3 aromatic carbocycles. The van der Waals surface area contributed by atoms with E-state index < -0.39 is 17.9 Å². The largest absolute Gasteiger partial charge is 0.480 e. The normalized spacial score (nSPS) is 12.3. The van der Waals surface area contributed by atoms with Crippen molar-refractivity contribution in [1.82, 2.24) is 20.3 Å². The van der Waals surface area contributed by atoms with Crippen molar-refractivity contribution in [2.45, 2.75) is 12.5 Å². The molecule has 0 saturated carbocycles. The molecule has 2 aromatic heterocycles. The van der Waals surface area contributed by atoms with Crippen molar-refractivity contribution in [1.29, 1.82) is 0 Å². The van der Waals surface area contributed by atoms with E-state index >= 15 is 0 Å². The zero-order valence-corrected chi connectivity index (χ0v) is 16.4. The van der Waals surface area contributed by atoms with Gasteiger partial charge in [-0.15, -0.1) is 0 Å². The van der Waals surface area contributed by atoms with Crippen molar-refractivity contribution in [3.05, 3.63) is 84.1 Å². The molecule has 3 N–H and O–H groups in total. The fourth-order valence-electron chi connectivity index (χ4n) is 3.72. The lowest BCUT2D eigenvalue weighted by molar-refractivity contribution is -0.139. The number of nitrogens with one attached hydrogen (secondary N) is 2. The van der Waals surface area contributed by atoms with Crippen molar-refractivity contribution in [2.75, 3.05) is 0 Å². The number of H-pyrrole nitrogens is 1. The number of hydrogen-bond acceptors (Lipinski definition) is 4. The quantitative estimate of drug-likeness (QED) is 0.383. The highest BCUT2D eigenvalue weighted by Crippen LogP contribution is 2.20. The van der Waals surface area contributed by atoms with Crippen LogP contribution < -0.4 is 5.32 Å². The first-order valence-electron chi connectivity index (χ1n) is 9.84. The summed E-state index contributed by atoms with van der Waals surface area (Å²) in [7, 11) is 0. The molecule has 31 heavy (non-hydrogen) atoms. The first kappa shape index (κ1) is 18.7. The number of carboxylic acids is 1. The molecule has 0 bridgehead atoms. The minimum Gasteiger partial charge on any atom is -0.480 e. The highest BCUT2D eigenvalue weighted by molar-refractivity contribution is 6.00. The van der Waals surface area contributed by atoms with E-state index in [4.69, 9.17) is 0 Å². The first-order valence-corrected chi connectivity index (χ1v) is 9.84. The molecule has 0 aliphatic rings. The minimum atomic E-state index is -1.09. The Bertz CT molecular complexity index is 1460. The Morgan fingerprint density at radius 1 is 0.903 bits per heavy atom. The number of aromatic amines is 1. The van der Waals surface area contributed by atoms with Crippen LogP contribution in [0.15, 0.2) is 72.9 Å². The summed E-state index contributed by atoms with van der Waals surface area (Å²) in [6.07, 6.45) is 1.95. The van der Waals surface area contributed by atoms with Crippen LogP contribution in [-0.2, 0) is 11.2 Å². The Balaban J connectivity index is 1.42. The van der Waals surface area contributed by atoms with Crippen LogP contribution >= 0.6 is 0 Å². The van der Waals surface area contributed by atoms with E-state index in [1.165, 1.54) is 0 Å². The van der Waals surface area contributed by atoms with E-state index in [9.17, 15) is 14.7 Å². The summed E-state index contributed by atoms with van der Waals surface area (Å²) in [4.78, 5) is 36.9. The summed E-state index contributed by atoms with van der Waals surface area (Å²) >= 11 is 0. The third-order valence-corrected chi connectivity index (χ3v) is 5.30. The summed E-state index contributed by atoms with van der Waals surface area (Å²) in [5, 5.41) is 13.3. The fraction of sp³-hybridized carbons (Fsp3) is 0.0833. The van der Waals surface area contributed by atoms with Gasteiger partial charge in [0.15, 0.2) is 0 Å². The Hall–Kier alpha value is -4.26. The predicted octanol–water partition coefficient (Wildman–Crippen LogP) is 3.69. The third-order valence-electron chi connectivity index (χ3n) is 5.30. The van der Waals surface area contributed by atoms with E-state index in [0.717, 1.165) is 27.5 Å². The Kier molecular flexibility index (Phi) is 4.55. The van der Waals surface area contributed by atoms with Crippen molar-refractivity contribution >= 4 is 44.8 Å². The van der Waals surface area contributed by atoms with Crippen LogP contribution in [0.2, 0.25) is 0 Å². The molecular formula is C24H18N4O3. The second-order valence-electron chi connectivity index (χ2n) is 7.34. The van der Waals surface area contributed by atoms with E-state index in [1.54, 1.807) is 24.4 Å². The third kappa shape index (κ3) is 3.57. The summed E-state index contributed by atoms with van der Waals surface area (Å²) in [5.41, 5.74) is 4.85. The number of carbonyl (C=O) groups excluding carboxylic acids is 1. The molecule has 2 heterocycles. The number of fused-ring (bicyclic) bond motifs is 3. The number of carboxylic acid groups (broad SMARTS) is 1. The number of aliphatic carboxylic acids is 1. The lowest BCUT2D eigenvalue weighted by Gasteiger charge is -2.14. The van der Waals surface area contributed by atoms with Gasteiger partial charge in [0.1, 0.15) is 6.04 Å². The Morgan fingerprint density at radius 2 is 1.58 bits per heavy atom. The van der Waals surface area contributed by atoms with Gasteiger partial charge in [-0.25, -0.2) is 14.8 Å². The van der Waals surface area contributed by atoms with Gasteiger partial charge in [-0.1, -0.05) is 30.3 Å². The van der Waals surface area contributed by atoms with E-state index in [0.29, 0.717) is 16.6 Å². The fourth-order valence-corrected chi connectivity index (χ4v) is 3.72. The van der Waals surface area contributed by atoms with Crippen molar-refractivity contribution < 1.29 is 14.7 Å². The molecule has 0 saturated heterocycles. The average Bonchev–Trinajstić information content (AvgIpc) is 3.19. The second-order valence-corrected chi connectivity index (χ2v) is 7.34. The van der Waals surface area contributed by atoms with Crippen molar-refractivity contribution in [3.63, 3.8) is 0 Å². The number of para-hydroxylation sites is 3. The maximum absolute atomic E-state index is 12.8. The van der Waals surface area contributed by atoms with Crippen LogP contribution in [0.25, 0.3) is 33.0 Å². The van der Waals surface area contributed by atoms with Crippen molar-refractivity contribution in [3.8, 4) is 0 Å². The molecule has 7 heteroatoms. The zero-order valence-electron chi connectivity index (χ0n) is 16.4. The molecule has 152 valence electrons. The van der Waals surface area contributed by atoms with Gasteiger partial charge in [0.05, 0.1) is 22.1 Å². The molecule has 0 spiro atoms. The maximum Gasteiger partial charge on any atom is 0.326 e. The Labute approximate surface area is 176 Å². The number of benzene rings is 3. The number of amides is 1. The summed E-state index contributed by atoms with van der Waals surface area (Å²) in [6.45, 7) is 0. The van der Waals surface area contributed by atoms with Gasteiger partial charge >= 0.3 is 5.97 Å². The van der Waals surface area contributed by atoms with Crippen LogP contribution in [-0.4, -0.2) is 38.0 Å². The number of aromatic nitrogens is 3. The molecule has 0 fully saturated rings. The first-order chi connectivity index (χ1) is 15.1. The zero-order chi connectivity index (χ0) is 21.4. The van der Waals surface area contributed by atoms with Crippen LogP contribution in [0, 0.1) is 0 Å². The molecular weight excluding hydrogens is 392 g/mol. The molecule has 1 atom stereocenters. The number of rotatable bonds is 5. The topological polar surface area (TPSA) is 108 Å². The van der Waals surface area contributed by atoms with Gasteiger partial charge in [-0.2, -0.15) is 0 Å². The lowest BCUT2D eigenvalue weighted by atomic mass is 10.0. The van der Waals surface area contributed by atoms with Gasteiger partial charge in [0, 0.05) is 29.1 Å². The molecule has 7 nitrogen and oxygen atoms in total. The highest BCUT2D eigenvalue weighted by Gasteiger charge is 2.23. The molecule has 5 aromatic rings. The minimum absolute atomic E-state index is 0.170. The standard InChI is InChI=1S/C24H18N4O3/c29-23(14-9-10-20-21(11-14)27-19-8-4-3-7-18(19)26-20)28-22(24(30)31)12-15-13-25-17-6-2-1-5-16(15)17/h1-11,13,22,25H,12H2,(H,28,29)(H,30,31)/t22-/m0/s1. The molecule has 0 unspecified atom stereocenters. The van der Waals surface area contributed by atoms with Crippen LogP contribution in [0.5, 0.6) is 0 Å². The Morgan fingerprint density at radius 3 is 2.35 bits per heavy atom. The van der Waals surface area contributed by atoms with Crippen molar-refractivity contribution in [2.24, 2.45) is 0 Å². The van der Waals surface area contributed by atoms with Gasteiger partial charge in [-0.3, -0.25) is 4.79 Å². The van der Waals surface area contributed by atoms with Gasteiger partial charge in [0.25, 0.3) is 5.91 Å². The van der Waals surface area contributed by atoms with E-state index in [-0.39, 0.29) is 6.42 Å². The van der Waals surface area contributed by atoms with E-state index in [2.05, 4.69) is 20.3 Å². The highest BCUT2D eigenvalue weighted by atomic mass is 16.4. The molecule has 0 aliphatic heterocycles. The number of nitrogens with zero attached hydrogens (tertiary/aromatic N) is 2. The van der Waals surface area contributed by atoms with Crippen LogP contribution in [0.4, 0.5) is 0 Å². The second kappa shape index (κ2) is 7.53. The lowest BCUT2D eigenvalue weighted by Crippen LogP contribution is -2.42. The summed E-state index contributed by atoms with van der Waals surface area (Å²) in [6, 6.07) is 19.1. The smallest absolute Gasteiger partial charge is 0.326 e.